The van der Waals surface area contributed by atoms with Gasteiger partial charge in [0.05, 0.1) is 6.42 Å². The van der Waals surface area contributed by atoms with E-state index < -0.39 is 0 Å². The van der Waals surface area contributed by atoms with E-state index in [1.807, 2.05) is 12.1 Å². The van der Waals surface area contributed by atoms with Gasteiger partial charge in [-0.1, -0.05) is 31.4 Å². The van der Waals surface area contributed by atoms with Crippen molar-refractivity contribution >= 4 is 11.6 Å². The lowest BCUT2D eigenvalue weighted by Gasteiger charge is -2.38. The molecule has 0 spiro atoms. The van der Waals surface area contributed by atoms with Crippen molar-refractivity contribution in [2.75, 3.05) is 11.9 Å². The summed E-state index contributed by atoms with van der Waals surface area (Å²) < 4.78 is 0. The minimum absolute atomic E-state index is 0.107. The van der Waals surface area contributed by atoms with Crippen LogP contribution in [0.2, 0.25) is 0 Å². The molecule has 0 radical (unpaired) electrons. The minimum Gasteiger partial charge on any atom is -0.330 e. The zero-order valence-corrected chi connectivity index (χ0v) is 10.7. The third-order valence-electron chi connectivity index (χ3n) is 4.56. The second-order valence-corrected chi connectivity index (χ2v) is 5.60. The van der Waals surface area contributed by atoms with Crippen LogP contribution in [0.4, 0.5) is 5.69 Å². The van der Waals surface area contributed by atoms with Crippen LogP contribution in [0, 0.1) is 0 Å². The molecule has 1 heterocycles. The third-order valence-corrected chi connectivity index (χ3v) is 4.56. The molecule has 0 saturated heterocycles. The molecule has 96 valence electrons. The van der Waals surface area contributed by atoms with E-state index in [2.05, 4.69) is 11.4 Å². The molecule has 3 rings (SSSR count). The standard InChI is InChI=1S/C15H20N2O/c16-10-15(7-2-1-3-8-15)12-5-4-6-13-11(12)9-14(18)17-13/h4-6H,1-3,7-10,16H2,(H,17,18). The van der Waals surface area contributed by atoms with Crippen molar-refractivity contribution in [3.63, 3.8) is 0 Å². The Balaban J connectivity index is 2.06. The molecule has 0 atom stereocenters. The molecule has 3 heteroatoms. The average Bonchev–Trinajstić information content (AvgIpc) is 2.79. The fourth-order valence-corrected chi connectivity index (χ4v) is 3.56. The summed E-state index contributed by atoms with van der Waals surface area (Å²) in [6.07, 6.45) is 6.66. The SMILES string of the molecule is NCC1(c2cccc3c2CC(=O)N3)CCCCC1. The zero-order chi connectivity index (χ0) is 12.6. The molecule has 0 bridgehead atoms. The largest absolute Gasteiger partial charge is 0.330 e. The molecule has 0 aromatic heterocycles. The van der Waals surface area contributed by atoms with Crippen LogP contribution >= 0.6 is 0 Å². The third kappa shape index (κ3) is 1.74. The Morgan fingerprint density at radius 1 is 1.22 bits per heavy atom. The van der Waals surface area contributed by atoms with Gasteiger partial charge in [0, 0.05) is 17.6 Å². The van der Waals surface area contributed by atoms with Gasteiger partial charge in [0.1, 0.15) is 0 Å². The summed E-state index contributed by atoms with van der Waals surface area (Å²) in [5, 5.41) is 2.94. The van der Waals surface area contributed by atoms with Crippen molar-refractivity contribution in [1.29, 1.82) is 0 Å². The monoisotopic (exact) mass is 244 g/mol. The molecule has 0 unspecified atom stereocenters. The molecule has 1 aromatic rings. The van der Waals surface area contributed by atoms with Crippen LogP contribution in [0.5, 0.6) is 0 Å². The van der Waals surface area contributed by atoms with E-state index in [0.29, 0.717) is 13.0 Å². The van der Waals surface area contributed by atoms with E-state index in [1.165, 1.54) is 30.4 Å². The van der Waals surface area contributed by atoms with Gasteiger partial charge in [-0.2, -0.15) is 0 Å². The van der Waals surface area contributed by atoms with Crippen molar-refractivity contribution in [3.05, 3.63) is 29.3 Å². The van der Waals surface area contributed by atoms with Gasteiger partial charge in [-0.05, 0) is 30.0 Å². The maximum atomic E-state index is 11.6. The number of hydrogen-bond acceptors (Lipinski definition) is 2. The number of nitrogens with one attached hydrogen (secondary N) is 1. The van der Waals surface area contributed by atoms with Gasteiger partial charge in [-0.15, -0.1) is 0 Å². The number of fused-ring (bicyclic) bond motifs is 1. The molecule has 1 saturated carbocycles. The molecule has 18 heavy (non-hydrogen) atoms. The Bertz CT molecular complexity index is 475. The molecule has 1 aromatic carbocycles. The van der Waals surface area contributed by atoms with Crippen LogP contribution in [-0.4, -0.2) is 12.5 Å². The second kappa shape index (κ2) is 4.39. The van der Waals surface area contributed by atoms with Crippen LogP contribution < -0.4 is 11.1 Å². The van der Waals surface area contributed by atoms with Gasteiger partial charge in [0.2, 0.25) is 5.91 Å². The molecular formula is C15H20N2O. The molecule has 1 aliphatic carbocycles. The van der Waals surface area contributed by atoms with Crippen molar-refractivity contribution in [2.45, 2.75) is 43.9 Å². The maximum absolute atomic E-state index is 11.6. The predicted octanol–water partition coefficient (Wildman–Crippen LogP) is 2.34. The first-order valence-electron chi connectivity index (χ1n) is 6.87. The van der Waals surface area contributed by atoms with E-state index in [0.717, 1.165) is 18.5 Å². The number of carbonyl (C=O) groups is 1. The maximum Gasteiger partial charge on any atom is 0.228 e. The Morgan fingerprint density at radius 2 is 2.00 bits per heavy atom. The first-order valence-corrected chi connectivity index (χ1v) is 6.87. The number of carbonyl (C=O) groups excluding carboxylic acids is 1. The Morgan fingerprint density at radius 3 is 2.72 bits per heavy atom. The fourth-order valence-electron chi connectivity index (χ4n) is 3.56. The highest BCUT2D eigenvalue weighted by molar-refractivity contribution is 5.99. The fraction of sp³-hybridized carbons (Fsp3) is 0.533. The quantitative estimate of drug-likeness (QED) is 0.839. The lowest BCUT2D eigenvalue weighted by Crippen LogP contribution is -2.37. The molecule has 1 aliphatic heterocycles. The van der Waals surface area contributed by atoms with Gasteiger partial charge in [-0.3, -0.25) is 4.79 Å². The smallest absolute Gasteiger partial charge is 0.228 e. The zero-order valence-electron chi connectivity index (χ0n) is 10.7. The van der Waals surface area contributed by atoms with Crippen molar-refractivity contribution in [3.8, 4) is 0 Å². The molecule has 1 fully saturated rings. The Kier molecular flexibility index (Phi) is 2.86. The summed E-state index contributed by atoms with van der Waals surface area (Å²) in [6.45, 7) is 0.692. The molecule has 1 amide bonds. The summed E-state index contributed by atoms with van der Waals surface area (Å²) in [6, 6.07) is 6.22. The molecule has 3 nitrogen and oxygen atoms in total. The molecular weight excluding hydrogens is 224 g/mol. The van der Waals surface area contributed by atoms with Crippen molar-refractivity contribution in [2.24, 2.45) is 5.73 Å². The van der Waals surface area contributed by atoms with Crippen LogP contribution in [0.1, 0.15) is 43.2 Å². The topological polar surface area (TPSA) is 55.1 Å². The van der Waals surface area contributed by atoms with Gasteiger partial charge in [0.15, 0.2) is 0 Å². The number of nitrogens with two attached hydrogens (primary N) is 1. The average molecular weight is 244 g/mol. The van der Waals surface area contributed by atoms with E-state index in [-0.39, 0.29) is 11.3 Å². The number of benzene rings is 1. The summed E-state index contributed by atoms with van der Waals surface area (Å²) in [7, 11) is 0. The van der Waals surface area contributed by atoms with E-state index in [1.54, 1.807) is 0 Å². The summed E-state index contributed by atoms with van der Waals surface area (Å²) in [5.74, 6) is 0.112. The lowest BCUT2D eigenvalue weighted by molar-refractivity contribution is -0.115. The predicted molar refractivity (Wildman–Crippen MR) is 72.6 cm³/mol. The van der Waals surface area contributed by atoms with Gasteiger partial charge >= 0.3 is 0 Å². The summed E-state index contributed by atoms with van der Waals surface area (Å²) >= 11 is 0. The normalized spacial score (nSPS) is 21.5. The summed E-state index contributed by atoms with van der Waals surface area (Å²) in [5.41, 5.74) is 9.71. The summed E-state index contributed by atoms with van der Waals surface area (Å²) in [4.78, 5) is 11.6. The first-order chi connectivity index (χ1) is 8.75. The van der Waals surface area contributed by atoms with Gasteiger partial charge in [0.25, 0.3) is 0 Å². The number of anilines is 1. The van der Waals surface area contributed by atoms with Gasteiger partial charge < -0.3 is 11.1 Å². The van der Waals surface area contributed by atoms with Crippen LogP contribution in [0.25, 0.3) is 0 Å². The highest BCUT2D eigenvalue weighted by atomic mass is 16.1. The highest BCUT2D eigenvalue weighted by Gasteiger charge is 2.36. The van der Waals surface area contributed by atoms with Crippen LogP contribution in [0.15, 0.2) is 18.2 Å². The minimum atomic E-state index is 0.107. The number of rotatable bonds is 2. The first kappa shape index (κ1) is 11.7. The molecule has 3 N–H and O–H groups in total. The van der Waals surface area contributed by atoms with Crippen molar-refractivity contribution < 1.29 is 4.79 Å². The van der Waals surface area contributed by atoms with Crippen molar-refractivity contribution in [1.82, 2.24) is 0 Å². The van der Waals surface area contributed by atoms with E-state index >= 15 is 0 Å². The van der Waals surface area contributed by atoms with E-state index in [9.17, 15) is 4.79 Å². The highest BCUT2D eigenvalue weighted by Crippen LogP contribution is 2.42. The number of amides is 1. The number of hydrogen-bond donors (Lipinski definition) is 2. The van der Waals surface area contributed by atoms with Crippen LogP contribution in [0.3, 0.4) is 0 Å². The van der Waals surface area contributed by atoms with E-state index in [4.69, 9.17) is 5.73 Å². The Labute approximate surface area is 108 Å². The Hall–Kier alpha value is -1.35. The van der Waals surface area contributed by atoms with Gasteiger partial charge in [-0.25, -0.2) is 0 Å². The second-order valence-electron chi connectivity index (χ2n) is 5.60. The lowest BCUT2D eigenvalue weighted by atomic mass is 9.68. The molecule has 2 aliphatic rings. The van der Waals surface area contributed by atoms with Crippen LogP contribution in [-0.2, 0) is 16.6 Å².